The van der Waals surface area contributed by atoms with Crippen LogP contribution in [0, 0.1) is 0 Å². The maximum absolute atomic E-state index is 8.89. The van der Waals surface area contributed by atoms with E-state index in [0.717, 1.165) is 19.4 Å². The van der Waals surface area contributed by atoms with Gasteiger partial charge in [-0.2, -0.15) is 0 Å². The van der Waals surface area contributed by atoms with E-state index in [-0.39, 0.29) is 6.29 Å². The number of hydrogen-bond donors (Lipinski definition) is 1. The van der Waals surface area contributed by atoms with Crippen LogP contribution in [-0.4, -0.2) is 30.7 Å². The maximum atomic E-state index is 8.89. The van der Waals surface area contributed by atoms with E-state index in [1.807, 2.05) is 6.92 Å². The van der Waals surface area contributed by atoms with Crippen molar-refractivity contribution in [1.29, 1.82) is 0 Å². The molecule has 2 atom stereocenters. The van der Waals surface area contributed by atoms with Crippen molar-refractivity contribution in [2.45, 2.75) is 46.0 Å². The summed E-state index contributed by atoms with van der Waals surface area (Å²) in [6.45, 7) is 6.73. The molecule has 2 unspecified atom stereocenters. The molecule has 3 nitrogen and oxygen atoms in total. The van der Waals surface area contributed by atoms with Gasteiger partial charge in [0.25, 0.3) is 0 Å². The maximum Gasteiger partial charge on any atom is 0.154 e. The zero-order valence-corrected chi connectivity index (χ0v) is 8.25. The van der Waals surface area contributed by atoms with Gasteiger partial charge in [0.2, 0.25) is 0 Å². The summed E-state index contributed by atoms with van der Waals surface area (Å²) >= 11 is 0. The summed E-state index contributed by atoms with van der Waals surface area (Å²) in [4.78, 5) is 0. The van der Waals surface area contributed by atoms with Crippen LogP contribution < -0.4 is 0 Å². The van der Waals surface area contributed by atoms with E-state index >= 15 is 0 Å². The van der Waals surface area contributed by atoms with E-state index < -0.39 is 6.10 Å². The standard InChI is InChI=1S/C9H20O3/c1-4-5-6-11-9(3)12-7-8(2)10/h8-10H,4-7H2,1-3H3. The normalized spacial score (nSPS) is 16.0. The minimum atomic E-state index is -0.415. The van der Waals surface area contributed by atoms with Crippen LogP contribution in [0.15, 0.2) is 0 Å². The quantitative estimate of drug-likeness (QED) is 0.472. The van der Waals surface area contributed by atoms with Crippen LogP contribution in [-0.2, 0) is 9.47 Å². The van der Waals surface area contributed by atoms with Crippen molar-refractivity contribution >= 4 is 0 Å². The first-order chi connectivity index (χ1) is 5.66. The van der Waals surface area contributed by atoms with Crippen LogP contribution in [0.4, 0.5) is 0 Å². The van der Waals surface area contributed by atoms with Gasteiger partial charge in [-0.25, -0.2) is 0 Å². The summed E-state index contributed by atoms with van der Waals surface area (Å²) in [6, 6.07) is 0. The first-order valence-electron chi connectivity index (χ1n) is 4.58. The van der Waals surface area contributed by atoms with E-state index in [1.54, 1.807) is 6.92 Å². The minimum Gasteiger partial charge on any atom is -0.391 e. The van der Waals surface area contributed by atoms with Crippen LogP contribution >= 0.6 is 0 Å². The lowest BCUT2D eigenvalue weighted by Gasteiger charge is -2.14. The smallest absolute Gasteiger partial charge is 0.154 e. The number of aliphatic hydroxyl groups is 1. The Labute approximate surface area is 74.7 Å². The van der Waals surface area contributed by atoms with Gasteiger partial charge in [0.15, 0.2) is 6.29 Å². The van der Waals surface area contributed by atoms with Crippen LogP contribution in [0.2, 0.25) is 0 Å². The molecular formula is C9H20O3. The molecule has 0 radical (unpaired) electrons. The van der Waals surface area contributed by atoms with Crippen LogP contribution in [0.1, 0.15) is 33.6 Å². The highest BCUT2D eigenvalue weighted by Crippen LogP contribution is 1.97. The van der Waals surface area contributed by atoms with Gasteiger partial charge in [-0.05, 0) is 20.3 Å². The topological polar surface area (TPSA) is 38.7 Å². The van der Waals surface area contributed by atoms with E-state index in [0.29, 0.717) is 6.61 Å². The van der Waals surface area contributed by atoms with Crippen molar-refractivity contribution in [3.8, 4) is 0 Å². The Balaban J connectivity index is 3.15. The zero-order valence-electron chi connectivity index (χ0n) is 8.25. The molecule has 1 N–H and O–H groups in total. The zero-order chi connectivity index (χ0) is 9.40. The number of rotatable bonds is 7. The van der Waals surface area contributed by atoms with Gasteiger partial charge in [-0.1, -0.05) is 13.3 Å². The van der Waals surface area contributed by atoms with Crippen molar-refractivity contribution in [1.82, 2.24) is 0 Å². The number of unbranched alkanes of at least 4 members (excludes halogenated alkanes) is 1. The minimum absolute atomic E-state index is 0.203. The predicted octanol–water partition coefficient (Wildman–Crippen LogP) is 1.55. The van der Waals surface area contributed by atoms with Crippen LogP contribution in [0.25, 0.3) is 0 Å². The van der Waals surface area contributed by atoms with Crippen molar-refractivity contribution in [2.75, 3.05) is 13.2 Å². The highest BCUT2D eigenvalue weighted by molar-refractivity contribution is 4.42. The second-order valence-corrected chi connectivity index (χ2v) is 2.97. The summed E-state index contributed by atoms with van der Waals surface area (Å²) < 4.78 is 10.5. The number of hydrogen-bond acceptors (Lipinski definition) is 3. The fraction of sp³-hybridized carbons (Fsp3) is 1.00. The van der Waals surface area contributed by atoms with Gasteiger partial charge in [0, 0.05) is 6.61 Å². The molecule has 0 aromatic heterocycles. The third-order valence-electron chi connectivity index (χ3n) is 1.42. The summed E-state index contributed by atoms with van der Waals surface area (Å²) in [5, 5.41) is 8.89. The van der Waals surface area contributed by atoms with Gasteiger partial charge < -0.3 is 14.6 Å². The van der Waals surface area contributed by atoms with Crippen LogP contribution in [0.5, 0.6) is 0 Å². The molecule has 0 bridgehead atoms. The Kier molecular flexibility index (Phi) is 7.45. The highest BCUT2D eigenvalue weighted by Gasteiger charge is 2.03. The highest BCUT2D eigenvalue weighted by atomic mass is 16.7. The molecule has 0 heterocycles. The lowest BCUT2D eigenvalue weighted by Crippen LogP contribution is -2.19. The molecule has 0 amide bonds. The Bertz CT molecular complexity index is 93.8. The molecule has 12 heavy (non-hydrogen) atoms. The summed E-state index contributed by atoms with van der Waals surface area (Å²) in [6.07, 6.45) is 1.57. The second kappa shape index (κ2) is 7.53. The molecule has 0 aliphatic heterocycles. The molecule has 0 spiro atoms. The van der Waals surface area contributed by atoms with Crippen molar-refractivity contribution in [3.05, 3.63) is 0 Å². The predicted molar refractivity (Wildman–Crippen MR) is 48.0 cm³/mol. The summed E-state index contributed by atoms with van der Waals surface area (Å²) in [5.74, 6) is 0. The first kappa shape index (κ1) is 11.9. The molecule has 0 saturated heterocycles. The van der Waals surface area contributed by atoms with Crippen molar-refractivity contribution in [2.24, 2.45) is 0 Å². The molecule has 0 fully saturated rings. The summed E-state index contributed by atoms with van der Waals surface area (Å²) in [7, 11) is 0. The van der Waals surface area contributed by atoms with Gasteiger partial charge in [0.1, 0.15) is 0 Å². The number of aliphatic hydroxyl groups excluding tert-OH is 1. The molecule has 0 saturated carbocycles. The SMILES string of the molecule is CCCCOC(C)OCC(C)O. The van der Waals surface area contributed by atoms with Gasteiger partial charge in [-0.15, -0.1) is 0 Å². The first-order valence-corrected chi connectivity index (χ1v) is 4.58. The molecule has 0 aliphatic carbocycles. The van der Waals surface area contributed by atoms with Gasteiger partial charge in [0.05, 0.1) is 12.7 Å². The third kappa shape index (κ3) is 7.98. The van der Waals surface area contributed by atoms with Gasteiger partial charge in [-0.3, -0.25) is 0 Å². The molecule has 0 aliphatic rings. The largest absolute Gasteiger partial charge is 0.391 e. The molecule has 0 aromatic carbocycles. The summed E-state index contributed by atoms with van der Waals surface area (Å²) in [5.41, 5.74) is 0. The van der Waals surface area contributed by atoms with Crippen LogP contribution in [0.3, 0.4) is 0 Å². The van der Waals surface area contributed by atoms with Crippen molar-refractivity contribution in [3.63, 3.8) is 0 Å². The molecule has 0 rings (SSSR count). The molecule has 74 valence electrons. The Morgan fingerprint density at radius 2 is 1.92 bits per heavy atom. The molecular weight excluding hydrogens is 156 g/mol. The van der Waals surface area contributed by atoms with Crippen molar-refractivity contribution < 1.29 is 14.6 Å². The van der Waals surface area contributed by atoms with Gasteiger partial charge >= 0.3 is 0 Å². The Morgan fingerprint density at radius 1 is 1.25 bits per heavy atom. The molecule has 3 heteroatoms. The lowest BCUT2D eigenvalue weighted by atomic mass is 10.4. The van der Waals surface area contributed by atoms with E-state index in [9.17, 15) is 0 Å². The fourth-order valence-corrected chi connectivity index (χ4v) is 0.717. The Morgan fingerprint density at radius 3 is 2.42 bits per heavy atom. The number of ether oxygens (including phenoxy) is 2. The average Bonchev–Trinajstić information content (AvgIpc) is 2.01. The lowest BCUT2D eigenvalue weighted by molar-refractivity contribution is -0.145. The fourth-order valence-electron chi connectivity index (χ4n) is 0.717. The molecule has 0 aromatic rings. The second-order valence-electron chi connectivity index (χ2n) is 2.97. The van der Waals surface area contributed by atoms with E-state index in [4.69, 9.17) is 14.6 Å². The monoisotopic (exact) mass is 176 g/mol. The average molecular weight is 176 g/mol. The Hall–Kier alpha value is -0.120. The van der Waals surface area contributed by atoms with E-state index in [1.165, 1.54) is 0 Å². The van der Waals surface area contributed by atoms with E-state index in [2.05, 4.69) is 6.92 Å². The third-order valence-corrected chi connectivity index (χ3v) is 1.42.